The number of carbonyl (C=O) groups is 1. The first kappa shape index (κ1) is 23.1. The molecule has 172 valence electrons. The van der Waals surface area contributed by atoms with Crippen LogP contribution in [0.1, 0.15) is 53.2 Å². The molecule has 1 amide bonds. The van der Waals surface area contributed by atoms with Gasteiger partial charge in [0.05, 0.1) is 23.6 Å². The Hall–Kier alpha value is -3.03. The summed E-state index contributed by atoms with van der Waals surface area (Å²) in [6.45, 7) is 0.241. The highest BCUT2D eigenvalue weighted by atomic mass is 35.5. The summed E-state index contributed by atoms with van der Waals surface area (Å²) < 4.78 is 20.4. The molecule has 3 aromatic rings. The van der Waals surface area contributed by atoms with Gasteiger partial charge in [-0.2, -0.15) is 0 Å². The second-order valence-corrected chi connectivity index (χ2v) is 8.69. The van der Waals surface area contributed by atoms with Gasteiger partial charge in [-0.1, -0.05) is 36.2 Å². The Morgan fingerprint density at radius 3 is 2.88 bits per heavy atom. The largest absolute Gasteiger partial charge is 0.382 e. The van der Waals surface area contributed by atoms with Crippen molar-refractivity contribution >= 4 is 23.3 Å². The number of carbonyl (C=O) groups excluding carboxylic acids is 1. The lowest BCUT2D eigenvalue weighted by Gasteiger charge is -2.27. The van der Waals surface area contributed by atoms with Crippen molar-refractivity contribution in [2.24, 2.45) is 0 Å². The van der Waals surface area contributed by atoms with Gasteiger partial charge in [-0.05, 0) is 49.1 Å². The summed E-state index contributed by atoms with van der Waals surface area (Å²) in [5.74, 6) is -0.730. The van der Waals surface area contributed by atoms with E-state index in [0.717, 1.165) is 36.9 Å². The SMILES string of the molecule is COC1CCCC(c2cnc(N)c(-c3ccc(C(=O)NCc4cccc(Cl)c4)c(F)c3)n2)C1. The number of nitrogen functional groups attached to an aromatic ring is 1. The number of benzene rings is 2. The van der Waals surface area contributed by atoms with Gasteiger partial charge in [-0.3, -0.25) is 4.79 Å². The molecule has 8 heteroatoms. The molecule has 2 atom stereocenters. The zero-order valence-corrected chi connectivity index (χ0v) is 19.1. The number of hydrogen-bond acceptors (Lipinski definition) is 5. The van der Waals surface area contributed by atoms with Crippen molar-refractivity contribution in [1.29, 1.82) is 0 Å². The Morgan fingerprint density at radius 1 is 1.27 bits per heavy atom. The number of nitrogens with one attached hydrogen (secondary N) is 1. The van der Waals surface area contributed by atoms with E-state index in [9.17, 15) is 9.18 Å². The topological polar surface area (TPSA) is 90.1 Å². The number of aromatic nitrogens is 2. The van der Waals surface area contributed by atoms with E-state index in [1.54, 1.807) is 37.6 Å². The van der Waals surface area contributed by atoms with Crippen LogP contribution in [0.15, 0.2) is 48.7 Å². The fraction of sp³-hybridized carbons (Fsp3) is 0.320. The first-order chi connectivity index (χ1) is 15.9. The predicted octanol–water partition coefficient (Wildman–Crippen LogP) is 5.12. The minimum absolute atomic E-state index is 0.0568. The van der Waals surface area contributed by atoms with Crippen LogP contribution in [0.3, 0.4) is 0 Å². The van der Waals surface area contributed by atoms with E-state index in [4.69, 9.17) is 27.1 Å². The van der Waals surface area contributed by atoms with E-state index in [-0.39, 0.29) is 29.9 Å². The Kier molecular flexibility index (Phi) is 7.20. The van der Waals surface area contributed by atoms with Crippen molar-refractivity contribution in [3.8, 4) is 11.3 Å². The van der Waals surface area contributed by atoms with Crippen molar-refractivity contribution in [3.63, 3.8) is 0 Å². The molecule has 1 fully saturated rings. The Morgan fingerprint density at radius 2 is 2.12 bits per heavy atom. The van der Waals surface area contributed by atoms with Crippen LogP contribution in [0.5, 0.6) is 0 Å². The minimum Gasteiger partial charge on any atom is -0.382 e. The normalized spacial score (nSPS) is 18.2. The van der Waals surface area contributed by atoms with Gasteiger partial charge in [-0.15, -0.1) is 0 Å². The molecule has 1 saturated carbocycles. The Bertz CT molecular complexity index is 1160. The standard InChI is InChI=1S/C25H26ClFN4O2/c1-33-19-7-3-5-16(11-19)22-14-29-24(28)23(31-22)17-8-9-20(21(27)12-17)25(32)30-13-15-4-2-6-18(26)10-15/h2,4,6,8-10,12,14,16,19H,3,5,7,11,13H2,1H3,(H2,28,29)(H,30,32). The van der Waals surface area contributed by atoms with Crippen LogP contribution in [0.4, 0.5) is 10.2 Å². The third-order valence-electron chi connectivity index (χ3n) is 6.03. The van der Waals surface area contributed by atoms with Gasteiger partial charge in [0.25, 0.3) is 5.91 Å². The van der Waals surface area contributed by atoms with Crippen molar-refractivity contribution in [3.05, 3.63) is 76.3 Å². The molecule has 1 heterocycles. The van der Waals surface area contributed by atoms with Gasteiger partial charge in [-0.25, -0.2) is 14.4 Å². The number of hydrogen-bond donors (Lipinski definition) is 2. The summed E-state index contributed by atoms with van der Waals surface area (Å²) in [6.07, 6.45) is 5.85. The maximum atomic E-state index is 14.9. The van der Waals surface area contributed by atoms with Gasteiger partial charge < -0.3 is 15.8 Å². The van der Waals surface area contributed by atoms with Crippen LogP contribution < -0.4 is 11.1 Å². The van der Waals surface area contributed by atoms with E-state index >= 15 is 0 Å². The molecular formula is C25H26ClFN4O2. The molecule has 2 aromatic carbocycles. The highest BCUT2D eigenvalue weighted by Crippen LogP contribution is 2.34. The van der Waals surface area contributed by atoms with E-state index in [1.165, 1.54) is 12.1 Å². The van der Waals surface area contributed by atoms with E-state index < -0.39 is 11.7 Å². The fourth-order valence-corrected chi connectivity index (χ4v) is 4.43. The number of nitrogens with two attached hydrogens (primary N) is 1. The zero-order chi connectivity index (χ0) is 23.4. The minimum atomic E-state index is -0.653. The monoisotopic (exact) mass is 468 g/mol. The molecule has 1 aliphatic rings. The number of nitrogens with zero attached hydrogens (tertiary/aromatic N) is 2. The number of ether oxygens (including phenoxy) is 1. The molecule has 0 radical (unpaired) electrons. The number of halogens is 2. The maximum Gasteiger partial charge on any atom is 0.254 e. The van der Waals surface area contributed by atoms with Gasteiger partial charge in [0.1, 0.15) is 17.3 Å². The van der Waals surface area contributed by atoms with Crippen LogP contribution in [-0.2, 0) is 11.3 Å². The number of amides is 1. The summed E-state index contributed by atoms with van der Waals surface area (Å²) in [5.41, 5.74) is 8.55. The van der Waals surface area contributed by atoms with E-state index in [0.29, 0.717) is 16.3 Å². The van der Waals surface area contributed by atoms with Crippen LogP contribution in [-0.4, -0.2) is 29.1 Å². The van der Waals surface area contributed by atoms with E-state index in [2.05, 4.69) is 10.3 Å². The third kappa shape index (κ3) is 5.49. The van der Waals surface area contributed by atoms with Gasteiger partial charge in [0.2, 0.25) is 0 Å². The molecule has 33 heavy (non-hydrogen) atoms. The molecule has 0 bridgehead atoms. The Labute approximate surface area is 197 Å². The summed E-state index contributed by atoms with van der Waals surface area (Å²) in [5, 5.41) is 3.29. The molecular weight excluding hydrogens is 443 g/mol. The lowest BCUT2D eigenvalue weighted by Crippen LogP contribution is -2.23. The molecule has 1 aliphatic carbocycles. The van der Waals surface area contributed by atoms with Crippen molar-refractivity contribution < 1.29 is 13.9 Å². The van der Waals surface area contributed by atoms with Crippen LogP contribution in [0, 0.1) is 5.82 Å². The lowest BCUT2D eigenvalue weighted by atomic mass is 9.85. The third-order valence-corrected chi connectivity index (χ3v) is 6.26. The van der Waals surface area contributed by atoms with Crippen LogP contribution in [0.25, 0.3) is 11.3 Å². The van der Waals surface area contributed by atoms with Crippen molar-refractivity contribution in [2.45, 2.75) is 44.2 Å². The molecule has 0 spiro atoms. The highest BCUT2D eigenvalue weighted by Gasteiger charge is 2.25. The fourth-order valence-electron chi connectivity index (χ4n) is 4.22. The van der Waals surface area contributed by atoms with Crippen LogP contribution in [0.2, 0.25) is 5.02 Å². The average molecular weight is 469 g/mol. The van der Waals surface area contributed by atoms with Gasteiger partial charge in [0.15, 0.2) is 0 Å². The van der Waals surface area contributed by atoms with E-state index in [1.807, 2.05) is 6.07 Å². The first-order valence-electron chi connectivity index (χ1n) is 10.9. The second-order valence-electron chi connectivity index (χ2n) is 8.26. The van der Waals surface area contributed by atoms with Gasteiger partial charge >= 0.3 is 0 Å². The number of anilines is 1. The number of methoxy groups -OCH3 is 1. The lowest BCUT2D eigenvalue weighted by molar-refractivity contribution is 0.0630. The quantitative estimate of drug-likeness (QED) is 0.524. The average Bonchev–Trinajstić information content (AvgIpc) is 2.83. The molecule has 4 rings (SSSR count). The number of rotatable bonds is 6. The van der Waals surface area contributed by atoms with Crippen LogP contribution >= 0.6 is 11.6 Å². The second kappa shape index (κ2) is 10.3. The molecule has 0 saturated heterocycles. The Balaban J connectivity index is 1.52. The molecule has 6 nitrogen and oxygen atoms in total. The molecule has 3 N–H and O–H groups in total. The van der Waals surface area contributed by atoms with Gasteiger partial charge in [0, 0.05) is 30.2 Å². The zero-order valence-electron chi connectivity index (χ0n) is 18.4. The first-order valence-corrected chi connectivity index (χ1v) is 11.3. The highest BCUT2D eigenvalue weighted by molar-refractivity contribution is 6.30. The molecule has 2 unspecified atom stereocenters. The molecule has 1 aromatic heterocycles. The smallest absolute Gasteiger partial charge is 0.254 e. The van der Waals surface area contributed by atoms with Crippen molar-refractivity contribution in [2.75, 3.05) is 12.8 Å². The summed E-state index contributed by atoms with van der Waals surface area (Å²) in [7, 11) is 1.72. The summed E-state index contributed by atoms with van der Waals surface area (Å²) in [4.78, 5) is 21.5. The summed E-state index contributed by atoms with van der Waals surface area (Å²) >= 11 is 5.97. The predicted molar refractivity (Wildman–Crippen MR) is 126 cm³/mol. The summed E-state index contributed by atoms with van der Waals surface area (Å²) in [6, 6.07) is 11.5. The molecule has 0 aliphatic heterocycles. The maximum absolute atomic E-state index is 14.9. The van der Waals surface area contributed by atoms with Crippen molar-refractivity contribution in [1.82, 2.24) is 15.3 Å².